The van der Waals surface area contributed by atoms with Gasteiger partial charge < -0.3 is 14.4 Å². The Balaban J connectivity index is 2.02. The van der Waals surface area contributed by atoms with E-state index in [1.165, 1.54) is 6.07 Å². The summed E-state index contributed by atoms with van der Waals surface area (Å²) in [7, 11) is 0. The van der Waals surface area contributed by atoms with E-state index < -0.39 is 17.6 Å². The van der Waals surface area contributed by atoms with Crippen LogP contribution in [0, 0.1) is 0 Å². The molecule has 0 saturated heterocycles. The molecule has 1 atom stereocenters. The highest BCUT2D eigenvalue weighted by atomic mass is 16.4. The molecule has 5 heteroatoms. The number of hydrogen-bond acceptors (Lipinski definition) is 4. The van der Waals surface area contributed by atoms with Crippen LogP contribution in [0.15, 0.2) is 63.8 Å². The number of benzene rings is 2. The SMILES string of the molecule is O=C(O)[C@@H]1Cc2ccccc2N1c1cc(=O)oc2ccccc12. The summed E-state index contributed by atoms with van der Waals surface area (Å²) in [5, 5.41) is 10.3. The average molecular weight is 307 g/mol. The van der Waals surface area contributed by atoms with Crippen LogP contribution in [-0.4, -0.2) is 17.1 Å². The maximum atomic E-state index is 11.9. The van der Waals surface area contributed by atoms with Crippen molar-refractivity contribution in [3.05, 3.63) is 70.6 Å². The van der Waals surface area contributed by atoms with E-state index in [0.29, 0.717) is 17.7 Å². The van der Waals surface area contributed by atoms with Crippen molar-refractivity contribution >= 4 is 28.3 Å². The first-order valence-electron chi connectivity index (χ1n) is 7.28. The average Bonchev–Trinajstić information content (AvgIpc) is 2.93. The van der Waals surface area contributed by atoms with Crippen LogP contribution in [0.2, 0.25) is 0 Å². The van der Waals surface area contributed by atoms with Gasteiger partial charge in [-0.15, -0.1) is 0 Å². The molecule has 1 aliphatic heterocycles. The minimum atomic E-state index is -0.918. The second-order valence-electron chi connectivity index (χ2n) is 5.50. The quantitative estimate of drug-likeness (QED) is 0.737. The van der Waals surface area contributed by atoms with Crippen molar-refractivity contribution in [2.24, 2.45) is 0 Å². The number of carboxylic acids is 1. The molecule has 1 N–H and O–H groups in total. The largest absolute Gasteiger partial charge is 0.480 e. The lowest BCUT2D eigenvalue weighted by atomic mass is 10.1. The summed E-state index contributed by atoms with van der Waals surface area (Å²) in [6, 6.07) is 15.3. The Labute approximate surface area is 131 Å². The highest BCUT2D eigenvalue weighted by Gasteiger charge is 2.36. The van der Waals surface area contributed by atoms with Gasteiger partial charge in [0.15, 0.2) is 0 Å². The van der Waals surface area contributed by atoms with Crippen LogP contribution >= 0.6 is 0 Å². The van der Waals surface area contributed by atoms with E-state index in [4.69, 9.17) is 4.42 Å². The molecule has 0 radical (unpaired) electrons. The van der Waals surface area contributed by atoms with Crippen LogP contribution in [0.1, 0.15) is 5.56 Å². The summed E-state index contributed by atoms with van der Waals surface area (Å²) in [5.41, 5.74) is 2.29. The van der Waals surface area contributed by atoms with Crippen molar-refractivity contribution in [1.82, 2.24) is 0 Å². The predicted molar refractivity (Wildman–Crippen MR) is 86.2 cm³/mol. The van der Waals surface area contributed by atoms with Crippen LogP contribution < -0.4 is 10.5 Å². The molecule has 5 nitrogen and oxygen atoms in total. The maximum absolute atomic E-state index is 11.9. The van der Waals surface area contributed by atoms with Gasteiger partial charge in [0.05, 0.1) is 5.69 Å². The Bertz CT molecular complexity index is 976. The number of rotatable bonds is 2. The smallest absolute Gasteiger partial charge is 0.338 e. The molecule has 0 spiro atoms. The van der Waals surface area contributed by atoms with Crippen LogP contribution in [0.4, 0.5) is 11.4 Å². The summed E-state index contributed by atoms with van der Waals surface area (Å²) < 4.78 is 5.22. The second kappa shape index (κ2) is 4.98. The molecular formula is C18H13NO4. The maximum Gasteiger partial charge on any atom is 0.338 e. The zero-order chi connectivity index (χ0) is 16.0. The van der Waals surface area contributed by atoms with E-state index in [9.17, 15) is 14.7 Å². The molecule has 2 aromatic carbocycles. The van der Waals surface area contributed by atoms with Gasteiger partial charge in [-0.05, 0) is 23.8 Å². The summed E-state index contributed by atoms with van der Waals surface area (Å²) in [4.78, 5) is 25.4. The molecule has 23 heavy (non-hydrogen) atoms. The molecule has 3 aromatic rings. The van der Waals surface area contributed by atoms with Gasteiger partial charge >= 0.3 is 11.6 Å². The van der Waals surface area contributed by atoms with E-state index in [1.54, 1.807) is 17.0 Å². The van der Waals surface area contributed by atoms with Gasteiger partial charge in [0, 0.05) is 23.6 Å². The number of hydrogen-bond donors (Lipinski definition) is 1. The number of nitrogens with zero attached hydrogens (tertiary/aromatic N) is 1. The number of anilines is 2. The minimum Gasteiger partial charge on any atom is -0.480 e. The molecule has 4 rings (SSSR count). The van der Waals surface area contributed by atoms with Crippen LogP contribution in [0.5, 0.6) is 0 Å². The van der Waals surface area contributed by atoms with Gasteiger partial charge in [-0.2, -0.15) is 0 Å². The molecule has 1 aliphatic rings. The van der Waals surface area contributed by atoms with Crippen molar-refractivity contribution < 1.29 is 14.3 Å². The van der Waals surface area contributed by atoms with Crippen molar-refractivity contribution in [2.45, 2.75) is 12.5 Å². The Hall–Kier alpha value is -3.08. The van der Waals surface area contributed by atoms with Crippen molar-refractivity contribution in [3.63, 3.8) is 0 Å². The molecule has 0 fully saturated rings. The molecule has 0 aliphatic carbocycles. The number of carbonyl (C=O) groups is 1. The molecule has 0 bridgehead atoms. The Kier molecular flexibility index (Phi) is 2.94. The first-order valence-corrected chi connectivity index (χ1v) is 7.28. The van der Waals surface area contributed by atoms with Gasteiger partial charge in [-0.3, -0.25) is 0 Å². The van der Waals surface area contributed by atoms with Crippen LogP contribution in [-0.2, 0) is 11.2 Å². The molecular weight excluding hydrogens is 294 g/mol. The number of fused-ring (bicyclic) bond motifs is 2. The van der Waals surface area contributed by atoms with E-state index >= 15 is 0 Å². The zero-order valence-electron chi connectivity index (χ0n) is 12.1. The predicted octanol–water partition coefficient (Wildman–Crippen LogP) is 2.94. The van der Waals surface area contributed by atoms with E-state index in [0.717, 1.165) is 16.6 Å². The highest BCUT2D eigenvalue weighted by Crippen LogP contribution is 2.40. The number of para-hydroxylation sites is 2. The van der Waals surface area contributed by atoms with E-state index in [1.807, 2.05) is 36.4 Å². The first kappa shape index (κ1) is 13.6. The number of carboxylic acid groups (broad SMARTS) is 1. The normalized spacial score (nSPS) is 16.5. The fraction of sp³-hybridized carbons (Fsp3) is 0.111. The molecule has 0 saturated carbocycles. The molecule has 2 heterocycles. The van der Waals surface area contributed by atoms with Gasteiger partial charge in [-0.25, -0.2) is 9.59 Å². The van der Waals surface area contributed by atoms with Crippen LogP contribution in [0.3, 0.4) is 0 Å². The zero-order valence-corrected chi connectivity index (χ0v) is 12.1. The lowest BCUT2D eigenvalue weighted by Gasteiger charge is -2.25. The molecule has 0 amide bonds. The third-order valence-corrected chi connectivity index (χ3v) is 4.15. The second-order valence-corrected chi connectivity index (χ2v) is 5.50. The van der Waals surface area contributed by atoms with E-state index in [-0.39, 0.29) is 0 Å². The van der Waals surface area contributed by atoms with Gasteiger partial charge in [-0.1, -0.05) is 30.3 Å². The standard InChI is InChI=1S/C18H13NO4/c20-17-10-14(12-6-2-4-8-16(12)23-17)19-13-7-3-1-5-11(13)9-15(19)18(21)22/h1-8,10,15H,9H2,(H,21,22)/t15-/m0/s1. The third kappa shape index (κ3) is 2.09. The summed E-state index contributed by atoms with van der Waals surface area (Å²) in [6.45, 7) is 0. The first-order chi connectivity index (χ1) is 11.1. The Morgan fingerprint density at radius 1 is 1.09 bits per heavy atom. The van der Waals surface area contributed by atoms with Gasteiger partial charge in [0.25, 0.3) is 0 Å². The lowest BCUT2D eigenvalue weighted by Crippen LogP contribution is -2.35. The monoisotopic (exact) mass is 307 g/mol. The lowest BCUT2D eigenvalue weighted by molar-refractivity contribution is -0.138. The Morgan fingerprint density at radius 2 is 1.83 bits per heavy atom. The Morgan fingerprint density at radius 3 is 2.65 bits per heavy atom. The summed E-state index contributed by atoms with van der Waals surface area (Å²) in [5.74, 6) is -0.918. The van der Waals surface area contributed by atoms with Crippen molar-refractivity contribution in [2.75, 3.05) is 4.90 Å². The minimum absolute atomic E-state index is 0.403. The van der Waals surface area contributed by atoms with Gasteiger partial charge in [0.2, 0.25) is 0 Å². The molecule has 1 aromatic heterocycles. The fourth-order valence-corrected chi connectivity index (χ4v) is 3.18. The summed E-state index contributed by atoms with van der Waals surface area (Å²) in [6.07, 6.45) is 0.403. The van der Waals surface area contributed by atoms with Gasteiger partial charge in [0.1, 0.15) is 11.6 Å². The van der Waals surface area contributed by atoms with Crippen molar-refractivity contribution in [3.8, 4) is 0 Å². The van der Waals surface area contributed by atoms with Crippen LogP contribution in [0.25, 0.3) is 11.0 Å². The summed E-state index contributed by atoms with van der Waals surface area (Å²) >= 11 is 0. The number of aliphatic carboxylic acids is 1. The van der Waals surface area contributed by atoms with Crippen molar-refractivity contribution in [1.29, 1.82) is 0 Å². The topological polar surface area (TPSA) is 70.8 Å². The fourth-order valence-electron chi connectivity index (χ4n) is 3.18. The highest BCUT2D eigenvalue weighted by molar-refractivity contribution is 5.97. The molecule has 114 valence electrons. The third-order valence-electron chi connectivity index (χ3n) is 4.15. The molecule has 0 unspecified atom stereocenters. The van der Waals surface area contributed by atoms with E-state index in [2.05, 4.69) is 0 Å².